The van der Waals surface area contributed by atoms with Crippen molar-refractivity contribution in [3.8, 4) is 17.2 Å². The maximum Gasteiger partial charge on any atom is 0.170 e. The van der Waals surface area contributed by atoms with Crippen LogP contribution in [0.1, 0.15) is 79.7 Å². The Hall–Kier alpha value is -2.08. The van der Waals surface area contributed by atoms with Gasteiger partial charge in [0, 0.05) is 36.8 Å². The first kappa shape index (κ1) is 21.2. The Labute approximate surface area is 177 Å². The second-order valence-electron chi connectivity index (χ2n) is 10.4. The molecule has 0 aromatic heterocycles. The molecule has 3 N–H and O–H groups in total. The highest BCUT2D eigenvalue weighted by molar-refractivity contribution is 6.05. The van der Waals surface area contributed by atoms with Gasteiger partial charge in [0.1, 0.15) is 28.4 Å². The van der Waals surface area contributed by atoms with E-state index in [1.807, 2.05) is 13.8 Å². The molecule has 2 bridgehead atoms. The second kappa shape index (κ2) is 6.98. The number of Topliss-reactive ketones (excluding diaryl/α,β-unsaturated/α-hetero) is 1. The molecule has 0 radical (unpaired) electrons. The van der Waals surface area contributed by atoms with Gasteiger partial charge in [-0.2, -0.15) is 0 Å². The molecule has 4 atom stereocenters. The summed E-state index contributed by atoms with van der Waals surface area (Å²) in [5.41, 5.74) is -0.393. The van der Waals surface area contributed by atoms with Crippen molar-refractivity contribution in [2.75, 3.05) is 6.61 Å². The quantitative estimate of drug-likeness (QED) is 0.480. The van der Waals surface area contributed by atoms with Gasteiger partial charge in [-0.05, 0) is 36.5 Å². The van der Waals surface area contributed by atoms with Crippen molar-refractivity contribution in [2.45, 2.75) is 65.4 Å². The van der Waals surface area contributed by atoms with E-state index in [1.165, 1.54) is 0 Å². The van der Waals surface area contributed by atoms with E-state index in [2.05, 4.69) is 13.8 Å². The molecule has 1 heterocycles. The van der Waals surface area contributed by atoms with Crippen LogP contribution >= 0.6 is 0 Å². The molecule has 6 nitrogen and oxygen atoms in total. The van der Waals surface area contributed by atoms with E-state index < -0.39 is 11.4 Å². The number of hydrogen-bond donors (Lipinski definition) is 3. The molecular formula is C24H32O6. The molecule has 0 amide bonds. The van der Waals surface area contributed by atoms with Gasteiger partial charge in [0.05, 0.1) is 5.56 Å². The number of aliphatic hydroxyl groups excluding tert-OH is 1. The van der Waals surface area contributed by atoms with Crippen molar-refractivity contribution in [1.82, 2.24) is 0 Å². The molecule has 6 heteroatoms. The van der Waals surface area contributed by atoms with Crippen LogP contribution in [0.25, 0.3) is 0 Å². The first-order chi connectivity index (χ1) is 14.1. The standard InChI is InChI=1S/C24H32O6/c1-12(2)7-17(27)19-20(28)15-9-14-8-13-10-18(23(13,3)4)24(14,5-6-25)30-22(15)16(11-26)21(19)29/h11-14,18,25,28-29H,5-10H2,1-4H3/t13?,14-,18?,24+/m1/s1. The smallest absolute Gasteiger partial charge is 0.170 e. The van der Waals surface area contributed by atoms with E-state index >= 15 is 0 Å². The Morgan fingerprint density at radius 2 is 1.90 bits per heavy atom. The highest BCUT2D eigenvalue weighted by Gasteiger charge is 2.67. The van der Waals surface area contributed by atoms with Crippen LogP contribution in [0.4, 0.5) is 0 Å². The fourth-order valence-electron chi connectivity index (χ4n) is 6.45. The lowest BCUT2D eigenvalue weighted by molar-refractivity contribution is -0.231. The SMILES string of the molecule is CC(C)CC(=O)c1c(O)c(C=O)c2c(c1O)C[C@H]1CC3CC(C3(C)C)[C@@]1(CCO)O2. The number of aliphatic hydroxyl groups is 1. The first-order valence-electron chi connectivity index (χ1n) is 11.0. The maximum absolute atomic E-state index is 12.7. The van der Waals surface area contributed by atoms with Gasteiger partial charge < -0.3 is 20.1 Å². The van der Waals surface area contributed by atoms with E-state index in [-0.39, 0.29) is 64.6 Å². The third kappa shape index (κ3) is 2.72. The van der Waals surface area contributed by atoms with E-state index in [4.69, 9.17) is 4.74 Å². The summed E-state index contributed by atoms with van der Waals surface area (Å²) in [6.45, 7) is 8.18. The Morgan fingerprint density at radius 1 is 1.20 bits per heavy atom. The van der Waals surface area contributed by atoms with Gasteiger partial charge in [0.2, 0.25) is 0 Å². The zero-order chi connectivity index (χ0) is 22.0. The summed E-state index contributed by atoms with van der Waals surface area (Å²) in [5.74, 6) is -0.0833. The summed E-state index contributed by atoms with van der Waals surface area (Å²) >= 11 is 0. The lowest BCUT2D eigenvalue weighted by Gasteiger charge is -2.68. The zero-order valence-electron chi connectivity index (χ0n) is 18.2. The summed E-state index contributed by atoms with van der Waals surface area (Å²) in [6, 6.07) is 0. The van der Waals surface area contributed by atoms with Crippen molar-refractivity contribution in [3.05, 3.63) is 16.7 Å². The van der Waals surface area contributed by atoms with Gasteiger partial charge in [0.25, 0.3) is 0 Å². The van der Waals surface area contributed by atoms with Crippen molar-refractivity contribution in [2.24, 2.45) is 29.1 Å². The predicted octanol–water partition coefficient (Wildman–Crippen LogP) is 3.88. The molecule has 0 saturated heterocycles. The summed E-state index contributed by atoms with van der Waals surface area (Å²) in [7, 11) is 0. The fraction of sp³-hybridized carbons (Fsp3) is 0.667. The summed E-state index contributed by atoms with van der Waals surface area (Å²) < 4.78 is 6.53. The Balaban J connectivity index is 1.87. The van der Waals surface area contributed by atoms with Crippen molar-refractivity contribution in [3.63, 3.8) is 0 Å². The van der Waals surface area contributed by atoms with Crippen LogP contribution in [0, 0.1) is 29.1 Å². The molecule has 0 spiro atoms. The van der Waals surface area contributed by atoms with E-state index in [0.29, 0.717) is 30.6 Å². The first-order valence-corrected chi connectivity index (χ1v) is 11.0. The van der Waals surface area contributed by atoms with Gasteiger partial charge in [-0.25, -0.2) is 0 Å². The van der Waals surface area contributed by atoms with Crippen molar-refractivity contribution < 1.29 is 29.6 Å². The molecule has 1 aliphatic heterocycles. The fourth-order valence-corrected chi connectivity index (χ4v) is 6.45. The number of rotatable bonds is 6. The van der Waals surface area contributed by atoms with Gasteiger partial charge in [-0.3, -0.25) is 9.59 Å². The number of phenols is 2. The van der Waals surface area contributed by atoms with Gasteiger partial charge >= 0.3 is 0 Å². The molecule has 3 aliphatic carbocycles. The molecule has 3 fully saturated rings. The molecule has 1 aromatic carbocycles. The molecule has 4 aliphatic rings. The van der Waals surface area contributed by atoms with Crippen molar-refractivity contribution in [1.29, 1.82) is 0 Å². The molecule has 164 valence electrons. The number of fused-ring (bicyclic) bond motifs is 1. The molecule has 5 rings (SSSR count). The van der Waals surface area contributed by atoms with Crippen LogP contribution < -0.4 is 4.74 Å². The van der Waals surface area contributed by atoms with E-state index in [1.54, 1.807) is 0 Å². The zero-order valence-corrected chi connectivity index (χ0v) is 18.2. The monoisotopic (exact) mass is 416 g/mol. The Bertz CT molecular complexity index is 902. The third-order valence-electron chi connectivity index (χ3n) is 8.09. The number of ketones is 1. The van der Waals surface area contributed by atoms with Gasteiger partial charge in [0.15, 0.2) is 12.1 Å². The summed E-state index contributed by atoms with van der Waals surface area (Å²) in [6.07, 6.45) is 3.49. The normalized spacial score (nSPS) is 30.7. The van der Waals surface area contributed by atoms with Crippen molar-refractivity contribution >= 4 is 12.1 Å². The number of aldehydes is 1. The number of phenolic OH excluding ortho intramolecular Hbond substituents is 2. The third-order valence-corrected chi connectivity index (χ3v) is 8.09. The van der Waals surface area contributed by atoms with E-state index in [9.17, 15) is 24.9 Å². The minimum Gasteiger partial charge on any atom is -0.507 e. The lowest BCUT2D eigenvalue weighted by atomic mass is 9.40. The van der Waals surface area contributed by atoms with Crippen LogP contribution in [0.3, 0.4) is 0 Å². The van der Waals surface area contributed by atoms with Crippen LogP contribution in [-0.2, 0) is 6.42 Å². The van der Waals surface area contributed by atoms with Gasteiger partial charge in [-0.1, -0.05) is 27.7 Å². The predicted molar refractivity (Wildman–Crippen MR) is 111 cm³/mol. The molecule has 30 heavy (non-hydrogen) atoms. The summed E-state index contributed by atoms with van der Waals surface area (Å²) in [4.78, 5) is 24.7. The topological polar surface area (TPSA) is 104 Å². The number of aromatic hydroxyl groups is 2. The average molecular weight is 417 g/mol. The largest absolute Gasteiger partial charge is 0.507 e. The summed E-state index contributed by atoms with van der Waals surface area (Å²) in [5, 5.41) is 31.6. The lowest BCUT2D eigenvalue weighted by Crippen LogP contribution is -2.69. The van der Waals surface area contributed by atoms with Crippen LogP contribution in [0.2, 0.25) is 0 Å². The van der Waals surface area contributed by atoms with Crippen LogP contribution in [-0.4, -0.2) is 39.6 Å². The van der Waals surface area contributed by atoms with Gasteiger partial charge in [-0.15, -0.1) is 0 Å². The second-order valence-corrected chi connectivity index (χ2v) is 10.4. The molecule has 3 saturated carbocycles. The van der Waals surface area contributed by atoms with Crippen LogP contribution in [0.15, 0.2) is 0 Å². The maximum atomic E-state index is 12.7. The Morgan fingerprint density at radius 3 is 2.47 bits per heavy atom. The molecular weight excluding hydrogens is 384 g/mol. The average Bonchev–Trinajstić information content (AvgIpc) is 2.66. The number of hydrogen-bond acceptors (Lipinski definition) is 6. The Kier molecular flexibility index (Phi) is 4.92. The number of carbonyl (C=O) groups excluding carboxylic acids is 2. The highest BCUT2D eigenvalue weighted by atomic mass is 16.5. The molecule has 2 unspecified atom stereocenters. The van der Waals surface area contributed by atoms with Crippen LogP contribution in [0.5, 0.6) is 17.2 Å². The number of benzene rings is 1. The minimum absolute atomic E-state index is 0.0393. The van der Waals surface area contributed by atoms with E-state index in [0.717, 1.165) is 12.8 Å². The number of ether oxygens (including phenoxy) is 1. The minimum atomic E-state index is -0.639. The highest BCUT2D eigenvalue weighted by Crippen LogP contribution is 2.68. The number of carbonyl (C=O) groups is 2. The molecule has 1 aromatic rings.